The van der Waals surface area contributed by atoms with E-state index in [4.69, 9.17) is 4.74 Å². The van der Waals surface area contributed by atoms with Gasteiger partial charge in [0.2, 0.25) is 0 Å². The van der Waals surface area contributed by atoms with Crippen LogP contribution in [0, 0.1) is 13.8 Å². The van der Waals surface area contributed by atoms with E-state index in [2.05, 4.69) is 67.7 Å². The predicted molar refractivity (Wildman–Crippen MR) is 88.7 cm³/mol. The zero-order valence-electron chi connectivity index (χ0n) is 13.2. The molecule has 2 nitrogen and oxygen atoms in total. The van der Waals surface area contributed by atoms with E-state index in [9.17, 15) is 0 Å². The van der Waals surface area contributed by atoms with Gasteiger partial charge in [0.25, 0.3) is 0 Å². The Hall–Kier alpha value is -1.64. The zero-order chi connectivity index (χ0) is 15.1. The molecule has 0 saturated carbocycles. The molecule has 0 aliphatic heterocycles. The van der Waals surface area contributed by atoms with E-state index in [1.54, 1.807) is 7.11 Å². The molecule has 2 heteroatoms. The Morgan fingerprint density at radius 2 is 1.81 bits per heavy atom. The number of benzene rings is 2. The second-order valence-corrected chi connectivity index (χ2v) is 5.50. The Kier molecular flexibility index (Phi) is 5.97. The Morgan fingerprint density at radius 1 is 1.05 bits per heavy atom. The van der Waals surface area contributed by atoms with Gasteiger partial charge in [0.05, 0.1) is 6.04 Å². The highest BCUT2D eigenvalue weighted by Gasteiger charge is 2.15. The summed E-state index contributed by atoms with van der Waals surface area (Å²) in [4.78, 5) is 0. The van der Waals surface area contributed by atoms with E-state index in [0.29, 0.717) is 0 Å². The van der Waals surface area contributed by atoms with Crippen molar-refractivity contribution in [3.8, 4) is 0 Å². The van der Waals surface area contributed by atoms with Crippen molar-refractivity contribution in [3.63, 3.8) is 0 Å². The van der Waals surface area contributed by atoms with E-state index in [0.717, 1.165) is 19.6 Å². The van der Waals surface area contributed by atoms with Gasteiger partial charge in [-0.2, -0.15) is 0 Å². The van der Waals surface area contributed by atoms with Crippen molar-refractivity contribution in [1.82, 2.24) is 5.32 Å². The lowest BCUT2D eigenvalue weighted by Gasteiger charge is -2.22. The fourth-order valence-electron chi connectivity index (χ4n) is 2.59. The molecule has 0 aromatic heterocycles. The first-order valence-corrected chi connectivity index (χ1v) is 7.57. The third kappa shape index (κ3) is 4.42. The normalized spacial score (nSPS) is 12.3. The van der Waals surface area contributed by atoms with Crippen LogP contribution >= 0.6 is 0 Å². The molecule has 0 aliphatic rings. The van der Waals surface area contributed by atoms with Crippen molar-refractivity contribution in [3.05, 3.63) is 70.8 Å². The van der Waals surface area contributed by atoms with Crippen LogP contribution in [-0.4, -0.2) is 20.3 Å². The maximum absolute atomic E-state index is 5.14. The van der Waals surface area contributed by atoms with Crippen molar-refractivity contribution in [2.45, 2.75) is 26.3 Å². The second kappa shape index (κ2) is 7.96. The smallest absolute Gasteiger partial charge is 0.0579 e. The molecule has 1 atom stereocenters. The maximum Gasteiger partial charge on any atom is 0.0579 e. The minimum atomic E-state index is 0.239. The number of nitrogens with one attached hydrogen (secondary N) is 1. The van der Waals surface area contributed by atoms with Crippen molar-refractivity contribution in [2.75, 3.05) is 20.3 Å². The molecule has 2 aromatic rings. The molecular formula is C19H25NO. The maximum atomic E-state index is 5.14. The lowest BCUT2D eigenvalue weighted by Crippen LogP contribution is -2.25. The van der Waals surface area contributed by atoms with Crippen LogP contribution in [-0.2, 0) is 4.74 Å². The van der Waals surface area contributed by atoms with Crippen LogP contribution in [0.2, 0.25) is 0 Å². The van der Waals surface area contributed by atoms with Gasteiger partial charge in [-0.1, -0.05) is 54.1 Å². The van der Waals surface area contributed by atoms with Crippen LogP contribution in [0.5, 0.6) is 0 Å². The van der Waals surface area contributed by atoms with Crippen LogP contribution in [0.4, 0.5) is 0 Å². The van der Waals surface area contributed by atoms with Crippen molar-refractivity contribution >= 4 is 0 Å². The average molecular weight is 283 g/mol. The molecule has 0 aliphatic carbocycles. The largest absolute Gasteiger partial charge is 0.385 e. The van der Waals surface area contributed by atoms with Crippen molar-refractivity contribution in [1.29, 1.82) is 0 Å². The molecule has 2 rings (SSSR count). The van der Waals surface area contributed by atoms with E-state index >= 15 is 0 Å². The molecule has 0 amide bonds. The van der Waals surface area contributed by atoms with Gasteiger partial charge in [-0.3, -0.25) is 0 Å². The lowest BCUT2D eigenvalue weighted by molar-refractivity contribution is 0.193. The van der Waals surface area contributed by atoms with Gasteiger partial charge in [0.15, 0.2) is 0 Å². The van der Waals surface area contributed by atoms with Crippen molar-refractivity contribution in [2.24, 2.45) is 0 Å². The standard InChI is InChI=1S/C19H25NO/c1-15-10-11-16(2)18(14-15)19(20-12-7-13-21-3)17-8-5-4-6-9-17/h4-6,8-11,14,19-20H,7,12-13H2,1-3H3. The average Bonchev–Trinajstić information content (AvgIpc) is 2.51. The van der Waals surface area contributed by atoms with Gasteiger partial charge >= 0.3 is 0 Å². The lowest BCUT2D eigenvalue weighted by atomic mass is 9.93. The minimum Gasteiger partial charge on any atom is -0.385 e. The highest BCUT2D eigenvalue weighted by molar-refractivity contribution is 5.39. The van der Waals surface area contributed by atoms with Crippen LogP contribution in [0.15, 0.2) is 48.5 Å². The summed E-state index contributed by atoms with van der Waals surface area (Å²) in [5, 5.41) is 3.68. The summed E-state index contributed by atoms with van der Waals surface area (Å²) in [5.74, 6) is 0. The molecule has 0 spiro atoms. The molecule has 21 heavy (non-hydrogen) atoms. The molecule has 1 unspecified atom stereocenters. The van der Waals surface area contributed by atoms with Gasteiger partial charge in [-0.05, 0) is 43.5 Å². The summed E-state index contributed by atoms with van der Waals surface area (Å²) in [6, 6.07) is 17.6. The van der Waals surface area contributed by atoms with Crippen LogP contribution in [0.25, 0.3) is 0 Å². The van der Waals surface area contributed by atoms with E-state index in [-0.39, 0.29) is 6.04 Å². The summed E-state index contributed by atoms with van der Waals surface area (Å²) in [5.41, 5.74) is 5.30. The van der Waals surface area contributed by atoms with Crippen LogP contribution in [0.3, 0.4) is 0 Å². The summed E-state index contributed by atoms with van der Waals surface area (Å²) in [6.45, 7) is 6.07. The van der Waals surface area contributed by atoms with Gasteiger partial charge < -0.3 is 10.1 Å². The molecule has 2 aromatic carbocycles. The van der Waals surface area contributed by atoms with Crippen LogP contribution < -0.4 is 5.32 Å². The minimum absolute atomic E-state index is 0.239. The number of hydrogen-bond acceptors (Lipinski definition) is 2. The first kappa shape index (κ1) is 15.7. The Bertz CT molecular complexity index is 551. The first-order valence-electron chi connectivity index (χ1n) is 7.57. The van der Waals surface area contributed by atoms with Gasteiger partial charge in [0, 0.05) is 13.7 Å². The highest BCUT2D eigenvalue weighted by atomic mass is 16.5. The molecule has 0 radical (unpaired) electrons. The summed E-state index contributed by atoms with van der Waals surface area (Å²) >= 11 is 0. The summed E-state index contributed by atoms with van der Waals surface area (Å²) in [6.07, 6.45) is 1.02. The Morgan fingerprint density at radius 3 is 2.52 bits per heavy atom. The van der Waals surface area contributed by atoms with Crippen molar-refractivity contribution < 1.29 is 4.74 Å². The predicted octanol–water partition coefficient (Wildman–Crippen LogP) is 4.02. The van der Waals surface area contributed by atoms with E-state index < -0.39 is 0 Å². The molecular weight excluding hydrogens is 258 g/mol. The fourth-order valence-corrected chi connectivity index (χ4v) is 2.59. The summed E-state index contributed by atoms with van der Waals surface area (Å²) in [7, 11) is 1.75. The number of methoxy groups -OCH3 is 1. The molecule has 112 valence electrons. The molecule has 1 N–H and O–H groups in total. The monoisotopic (exact) mass is 283 g/mol. The first-order chi connectivity index (χ1) is 10.2. The van der Waals surface area contributed by atoms with E-state index in [1.807, 2.05) is 0 Å². The molecule has 0 saturated heterocycles. The summed E-state index contributed by atoms with van der Waals surface area (Å²) < 4.78 is 5.14. The van der Waals surface area contributed by atoms with Gasteiger partial charge in [-0.15, -0.1) is 0 Å². The SMILES string of the molecule is COCCCNC(c1ccccc1)c1cc(C)ccc1C. The quantitative estimate of drug-likeness (QED) is 0.775. The highest BCUT2D eigenvalue weighted by Crippen LogP contribution is 2.25. The van der Waals surface area contributed by atoms with E-state index in [1.165, 1.54) is 22.3 Å². The third-order valence-corrected chi connectivity index (χ3v) is 3.75. The topological polar surface area (TPSA) is 21.3 Å². The number of rotatable bonds is 7. The Labute approximate surface area is 128 Å². The van der Waals surface area contributed by atoms with Gasteiger partial charge in [-0.25, -0.2) is 0 Å². The second-order valence-electron chi connectivity index (χ2n) is 5.50. The number of aryl methyl sites for hydroxylation is 2. The zero-order valence-corrected chi connectivity index (χ0v) is 13.2. The number of ether oxygens (including phenoxy) is 1. The van der Waals surface area contributed by atoms with Crippen LogP contribution in [0.1, 0.15) is 34.7 Å². The fraction of sp³-hybridized carbons (Fsp3) is 0.368. The van der Waals surface area contributed by atoms with Gasteiger partial charge in [0.1, 0.15) is 0 Å². The number of hydrogen-bond donors (Lipinski definition) is 1. The Balaban J connectivity index is 2.25. The third-order valence-electron chi connectivity index (χ3n) is 3.75. The molecule has 0 fully saturated rings. The molecule has 0 heterocycles. The molecule has 0 bridgehead atoms.